The van der Waals surface area contributed by atoms with Crippen LogP contribution < -0.4 is 20.3 Å². The van der Waals surface area contributed by atoms with Gasteiger partial charge in [-0.1, -0.05) is 13.0 Å². The van der Waals surface area contributed by atoms with E-state index in [0.29, 0.717) is 6.54 Å². The van der Waals surface area contributed by atoms with E-state index in [4.69, 9.17) is 4.74 Å². The summed E-state index contributed by atoms with van der Waals surface area (Å²) in [6.07, 6.45) is -3.39. The van der Waals surface area contributed by atoms with Gasteiger partial charge in [-0.05, 0) is 38.9 Å². The number of amides is 2. The lowest BCUT2D eigenvalue weighted by Crippen LogP contribution is -2.56. The van der Waals surface area contributed by atoms with Crippen molar-refractivity contribution in [2.45, 2.75) is 50.5 Å². The van der Waals surface area contributed by atoms with Crippen molar-refractivity contribution in [1.82, 2.24) is 15.2 Å². The summed E-state index contributed by atoms with van der Waals surface area (Å²) >= 11 is 0. The van der Waals surface area contributed by atoms with Gasteiger partial charge in [0.05, 0.1) is 19.7 Å². The summed E-state index contributed by atoms with van der Waals surface area (Å²) in [5.74, 6) is -6.40. The third kappa shape index (κ3) is 5.05. The molecular weight excluding hydrogens is 525 g/mol. The van der Waals surface area contributed by atoms with E-state index >= 15 is 0 Å². The summed E-state index contributed by atoms with van der Waals surface area (Å²) in [5.41, 5.74) is -2.40. The van der Waals surface area contributed by atoms with Crippen molar-refractivity contribution in [2.24, 2.45) is 5.92 Å². The summed E-state index contributed by atoms with van der Waals surface area (Å²) in [6.45, 7) is 4.85. The van der Waals surface area contributed by atoms with Gasteiger partial charge in [-0.25, -0.2) is 9.37 Å². The molecule has 2 N–H and O–H groups in total. The Morgan fingerprint density at radius 2 is 1.92 bits per heavy atom. The maximum atomic E-state index is 14.6. The van der Waals surface area contributed by atoms with E-state index in [9.17, 15) is 31.5 Å². The Hall–Kier alpha value is -3.32. The Morgan fingerprint density at radius 1 is 1.23 bits per heavy atom. The van der Waals surface area contributed by atoms with E-state index in [0.717, 1.165) is 26.2 Å². The first kappa shape index (κ1) is 28.7. The molecule has 0 spiro atoms. The van der Waals surface area contributed by atoms with Crippen molar-refractivity contribution in [3.8, 4) is 5.75 Å². The second-order valence-corrected chi connectivity index (χ2v) is 10.3. The second kappa shape index (κ2) is 10.3. The molecule has 1 aromatic heterocycles. The van der Waals surface area contributed by atoms with Crippen LogP contribution in [0, 0.1) is 17.6 Å². The fourth-order valence-corrected chi connectivity index (χ4v) is 5.58. The van der Waals surface area contributed by atoms with E-state index in [1.807, 2.05) is 18.9 Å². The minimum atomic E-state index is -4.77. The number of benzene rings is 1. The molecular formula is C26H30F5N5O3. The molecule has 0 unspecified atom stereocenters. The summed E-state index contributed by atoms with van der Waals surface area (Å²) in [4.78, 5) is 33.8. The minimum Gasteiger partial charge on any atom is -0.493 e. The van der Waals surface area contributed by atoms with Gasteiger partial charge < -0.3 is 10.1 Å². The monoisotopic (exact) mass is 555 g/mol. The zero-order valence-electron chi connectivity index (χ0n) is 22.1. The number of hydrogen-bond donors (Lipinski definition) is 2. The Balaban J connectivity index is 1.69. The Labute approximate surface area is 222 Å². The van der Waals surface area contributed by atoms with Crippen LogP contribution >= 0.6 is 0 Å². The van der Waals surface area contributed by atoms with E-state index < -0.39 is 52.9 Å². The van der Waals surface area contributed by atoms with Crippen LogP contribution in [-0.4, -0.2) is 72.7 Å². The summed E-state index contributed by atoms with van der Waals surface area (Å²) in [6, 6.07) is 3.14. The molecule has 2 fully saturated rings. The molecule has 3 heterocycles. The molecule has 4 rings (SSSR count). The van der Waals surface area contributed by atoms with Crippen LogP contribution in [-0.2, 0) is 9.59 Å². The van der Waals surface area contributed by atoms with E-state index in [1.54, 1.807) is 0 Å². The van der Waals surface area contributed by atoms with Gasteiger partial charge in [0.15, 0.2) is 11.6 Å². The van der Waals surface area contributed by atoms with Crippen LogP contribution in [0.3, 0.4) is 0 Å². The van der Waals surface area contributed by atoms with Gasteiger partial charge in [0, 0.05) is 42.0 Å². The third-order valence-corrected chi connectivity index (χ3v) is 7.73. The van der Waals surface area contributed by atoms with Crippen LogP contribution in [0.4, 0.5) is 33.5 Å². The number of aromatic nitrogens is 1. The molecule has 13 heteroatoms. The zero-order valence-corrected chi connectivity index (χ0v) is 22.1. The largest absolute Gasteiger partial charge is 0.493 e. The summed E-state index contributed by atoms with van der Waals surface area (Å²) < 4.78 is 76.2. The number of methoxy groups -OCH3 is 1. The van der Waals surface area contributed by atoms with Crippen LogP contribution in [0.15, 0.2) is 30.5 Å². The first-order chi connectivity index (χ1) is 18.2. The maximum Gasteiger partial charge on any atom is 0.406 e. The number of pyridine rings is 1. The van der Waals surface area contributed by atoms with Gasteiger partial charge in [0.2, 0.25) is 17.6 Å². The van der Waals surface area contributed by atoms with Gasteiger partial charge in [-0.3, -0.25) is 24.7 Å². The number of carbonyl (C=O) groups excluding carboxylic acids is 2. The average Bonchev–Trinajstić information content (AvgIpc) is 3.12. The number of anilines is 2. The number of halogens is 5. The van der Waals surface area contributed by atoms with E-state index in [2.05, 4.69) is 15.6 Å². The molecule has 2 aliphatic heterocycles. The Kier molecular flexibility index (Phi) is 7.60. The van der Waals surface area contributed by atoms with Crippen molar-refractivity contribution < 1.29 is 36.3 Å². The molecule has 2 aromatic rings. The number of hydrogen-bond acceptors (Lipinski definition) is 6. The lowest BCUT2D eigenvalue weighted by Gasteiger charge is -2.37. The highest BCUT2D eigenvalue weighted by Crippen LogP contribution is 2.51. The highest BCUT2D eigenvalue weighted by molar-refractivity contribution is 5.98. The normalized spacial score (nSPS) is 28.1. The van der Waals surface area contributed by atoms with E-state index in [-0.39, 0.29) is 35.6 Å². The quantitative estimate of drug-likeness (QED) is 0.548. The molecule has 2 amide bonds. The minimum absolute atomic E-state index is 0.0724. The predicted molar refractivity (Wildman–Crippen MR) is 134 cm³/mol. The summed E-state index contributed by atoms with van der Waals surface area (Å²) in [7, 11) is 2.89. The molecule has 0 radical (unpaired) electrons. The van der Waals surface area contributed by atoms with Crippen molar-refractivity contribution in [3.05, 3.63) is 47.7 Å². The average molecular weight is 556 g/mol. The molecule has 8 nitrogen and oxygen atoms in total. The highest BCUT2D eigenvalue weighted by Gasteiger charge is 2.64. The number of nitrogens with one attached hydrogen (secondary N) is 2. The topological polar surface area (TPSA) is 86.8 Å². The molecule has 0 aliphatic carbocycles. The van der Waals surface area contributed by atoms with Gasteiger partial charge in [-0.2, -0.15) is 17.6 Å². The molecule has 2 aliphatic rings. The number of likely N-dealkylation sites (N-methyl/N-ethyl adjacent to an activating group) is 1. The standard InChI is InChI=1S/C26H30F5N5O3/c1-13-11-35(4)12-19(37)36(13)18-10-15(8-9-32-18)33-24(38)22-20(14(2)25(3,34-22)26(29,30)31)16-6-7-17(27)21(28)23(16)39-5/h6-10,13-14,20,22,34H,11-12H2,1-5H3,(H,32,33,38)/t13-,14+,20+,22-,25-/m1/s1. The molecule has 5 atom stereocenters. The Bertz CT molecular complexity index is 1280. The number of alkyl halides is 3. The second-order valence-electron chi connectivity index (χ2n) is 10.3. The van der Waals surface area contributed by atoms with Crippen molar-refractivity contribution >= 4 is 23.3 Å². The van der Waals surface area contributed by atoms with Gasteiger partial charge >= 0.3 is 6.18 Å². The summed E-state index contributed by atoms with van der Waals surface area (Å²) in [5, 5.41) is 5.02. The molecule has 212 valence electrons. The number of rotatable bonds is 5. The van der Waals surface area contributed by atoms with Crippen molar-refractivity contribution in [1.29, 1.82) is 0 Å². The van der Waals surface area contributed by atoms with Gasteiger partial charge in [0.25, 0.3) is 0 Å². The highest BCUT2D eigenvalue weighted by atomic mass is 19.4. The first-order valence-electron chi connectivity index (χ1n) is 12.3. The number of carbonyl (C=O) groups is 2. The fourth-order valence-electron chi connectivity index (χ4n) is 5.58. The van der Waals surface area contributed by atoms with Crippen molar-refractivity contribution in [3.63, 3.8) is 0 Å². The fraction of sp³-hybridized carbons (Fsp3) is 0.500. The molecule has 1 aromatic carbocycles. The smallest absolute Gasteiger partial charge is 0.406 e. The Morgan fingerprint density at radius 3 is 2.54 bits per heavy atom. The van der Waals surface area contributed by atoms with Gasteiger partial charge in [0.1, 0.15) is 11.4 Å². The van der Waals surface area contributed by atoms with Gasteiger partial charge in [-0.15, -0.1) is 0 Å². The SMILES string of the molecule is COc1c([C@H]2[C@H](C(=O)Nc3ccnc(N4C(=O)CN(C)C[C@H]4C)c3)N[C@@](C)(C(F)(F)F)[C@H]2C)ccc(F)c1F. The van der Waals surface area contributed by atoms with Crippen molar-refractivity contribution in [2.75, 3.05) is 37.5 Å². The number of nitrogens with zero attached hydrogens (tertiary/aromatic N) is 3. The molecule has 0 saturated carbocycles. The lowest BCUT2D eigenvalue weighted by atomic mass is 9.76. The lowest BCUT2D eigenvalue weighted by molar-refractivity contribution is -0.198. The predicted octanol–water partition coefficient (Wildman–Crippen LogP) is 3.69. The third-order valence-electron chi connectivity index (χ3n) is 7.73. The first-order valence-corrected chi connectivity index (χ1v) is 12.3. The number of piperazine rings is 1. The van der Waals surface area contributed by atoms with E-state index in [1.165, 1.54) is 30.2 Å². The maximum absolute atomic E-state index is 14.6. The van der Waals surface area contributed by atoms with Crippen LogP contribution in [0.25, 0.3) is 0 Å². The molecule has 0 bridgehead atoms. The van der Waals surface area contributed by atoms with Crippen LogP contribution in [0.5, 0.6) is 5.75 Å². The zero-order chi connectivity index (χ0) is 28.9. The number of ether oxygens (including phenoxy) is 1. The van der Waals surface area contributed by atoms with Crippen LogP contribution in [0.1, 0.15) is 32.3 Å². The molecule has 2 saturated heterocycles. The van der Waals surface area contributed by atoms with Crippen LogP contribution in [0.2, 0.25) is 0 Å². The molecule has 39 heavy (non-hydrogen) atoms.